The molecule has 3 rings (SSSR count). The van der Waals surface area contributed by atoms with Gasteiger partial charge >= 0.3 is 0 Å². The lowest BCUT2D eigenvalue weighted by Gasteiger charge is -2.34. The van der Waals surface area contributed by atoms with Crippen LogP contribution < -0.4 is 10.1 Å². The van der Waals surface area contributed by atoms with Crippen LogP contribution in [-0.4, -0.2) is 61.0 Å². The summed E-state index contributed by atoms with van der Waals surface area (Å²) in [6.07, 6.45) is 4.72. The average Bonchev–Trinajstić information content (AvgIpc) is 2.65. The molecule has 1 aliphatic carbocycles. The van der Waals surface area contributed by atoms with Gasteiger partial charge in [0.1, 0.15) is 11.5 Å². The second-order valence-electron chi connectivity index (χ2n) is 7.39. The third-order valence-corrected chi connectivity index (χ3v) is 5.52. The van der Waals surface area contributed by atoms with Crippen molar-refractivity contribution >= 4 is 0 Å². The van der Waals surface area contributed by atoms with E-state index in [-0.39, 0.29) is 6.10 Å². The number of phenols is 1. The summed E-state index contributed by atoms with van der Waals surface area (Å²) in [6.45, 7) is 9.40. The molecule has 0 radical (unpaired) electrons. The number of piperazine rings is 1. The molecule has 0 amide bonds. The standard InChI is InChI=1S/C20H32N2O3/c1-15(22-12-10-21-11-13-22)14-24-17-6-8-18(9-7-17)25-20-5-3-4-19(23)16(20)2/h3-5,15,17-18,21,23H,6-14H2,1-2H3. The van der Waals surface area contributed by atoms with Crippen molar-refractivity contribution in [1.29, 1.82) is 0 Å². The Morgan fingerprint density at radius 2 is 1.84 bits per heavy atom. The third-order valence-electron chi connectivity index (χ3n) is 5.52. The second-order valence-corrected chi connectivity index (χ2v) is 7.39. The third kappa shape index (κ3) is 5.09. The van der Waals surface area contributed by atoms with Crippen molar-refractivity contribution in [2.45, 2.75) is 57.8 Å². The number of hydrogen-bond donors (Lipinski definition) is 2. The van der Waals surface area contributed by atoms with Crippen LogP contribution >= 0.6 is 0 Å². The molecule has 1 aromatic carbocycles. The Balaban J connectivity index is 1.39. The van der Waals surface area contributed by atoms with Gasteiger partial charge in [-0.1, -0.05) is 6.07 Å². The maximum absolute atomic E-state index is 9.79. The number of phenolic OH excluding ortho intramolecular Hbond substituents is 1. The zero-order valence-electron chi connectivity index (χ0n) is 15.5. The first kappa shape index (κ1) is 18.5. The minimum Gasteiger partial charge on any atom is -0.508 e. The van der Waals surface area contributed by atoms with Crippen LogP contribution in [0, 0.1) is 6.92 Å². The molecule has 1 saturated carbocycles. The van der Waals surface area contributed by atoms with Crippen LogP contribution in [0.4, 0.5) is 0 Å². The van der Waals surface area contributed by atoms with Crippen molar-refractivity contribution < 1.29 is 14.6 Å². The summed E-state index contributed by atoms with van der Waals surface area (Å²) in [5.74, 6) is 1.10. The minimum atomic E-state index is 0.228. The zero-order valence-corrected chi connectivity index (χ0v) is 15.5. The monoisotopic (exact) mass is 348 g/mol. The lowest BCUT2D eigenvalue weighted by Crippen LogP contribution is -2.49. The largest absolute Gasteiger partial charge is 0.508 e. The van der Waals surface area contributed by atoms with Gasteiger partial charge in [0.25, 0.3) is 0 Å². The Morgan fingerprint density at radius 3 is 2.56 bits per heavy atom. The Kier molecular flexibility index (Phi) is 6.57. The molecule has 0 bridgehead atoms. The summed E-state index contributed by atoms with van der Waals surface area (Å²) in [5, 5.41) is 13.2. The van der Waals surface area contributed by atoms with Gasteiger partial charge in [-0.25, -0.2) is 0 Å². The van der Waals surface area contributed by atoms with Crippen molar-refractivity contribution in [1.82, 2.24) is 10.2 Å². The van der Waals surface area contributed by atoms with E-state index in [9.17, 15) is 5.11 Å². The van der Waals surface area contributed by atoms with Gasteiger partial charge in [-0.05, 0) is 51.7 Å². The van der Waals surface area contributed by atoms with Gasteiger partial charge in [0.15, 0.2) is 0 Å². The Morgan fingerprint density at radius 1 is 1.16 bits per heavy atom. The van der Waals surface area contributed by atoms with Crippen molar-refractivity contribution in [3.63, 3.8) is 0 Å². The molecule has 1 heterocycles. The molecule has 0 spiro atoms. The summed E-state index contributed by atoms with van der Waals surface area (Å²) in [6, 6.07) is 5.97. The lowest BCUT2D eigenvalue weighted by molar-refractivity contribution is -0.0230. The van der Waals surface area contributed by atoms with E-state index in [1.54, 1.807) is 6.07 Å². The molecule has 1 aromatic rings. The molecule has 5 nitrogen and oxygen atoms in total. The van der Waals surface area contributed by atoms with Gasteiger partial charge in [0.05, 0.1) is 18.8 Å². The molecule has 5 heteroatoms. The summed E-state index contributed by atoms with van der Waals surface area (Å²) < 4.78 is 12.3. The average molecular weight is 348 g/mol. The van der Waals surface area contributed by atoms with E-state index in [1.165, 1.54) is 0 Å². The topological polar surface area (TPSA) is 54.0 Å². The first-order valence-electron chi connectivity index (χ1n) is 9.65. The molecule has 2 fully saturated rings. The zero-order chi connectivity index (χ0) is 17.6. The van der Waals surface area contributed by atoms with E-state index in [0.717, 1.165) is 69.8 Å². The van der Waals surface area contributed by atoms with E-state index in [2.05, 4.69) is 17.1 Å². The first-order valence-corrected chi connectivity index (χ1v) is 9.65. The second kappa shape index (κ2) is 8.88. The molecule has 2 aliphatic rings. The quantitative estimate of drug-likeness (QED) is 0.828. The van der Waals surface area contributed by atoms with E-state index >= 15 is 0 Å². The van der Waals surface area contributed by atoms with Gasteiger partial charge in [-0.2, -0.15) is 0 Å². The van der Waals surface area contributed by atoms with Gasteiger partial charge in [-0.15, -0.1) is 0 Å². The Hall–Kier alpha value is -1.30. The molecule has 1 atom stereocenters. The fraction of sp³-hybridized carbons (Fsp3) is 0.700. The SMILES string of the molecule is Cc1c(O)cccc1OC1CCC(OCC(C)N2CCNCC2)CC1. The Bertz CT molecular complexity index is 538. The number of benzene rings is 1. The van der Waals surface area contributed by atoms with Crippen molar-refractivity contribution in [2.24, 2.45) is 0 Å². The van der Waals surface area contributed by atoms with Gasteiger partial charge < -0.3 is 19.9 Å². The van der Waals surface area contributed by atoms with Gasteiger partial charge in [-0.3, -0.25) is 4.90 Å². The minimum absolute atomic E-state index is 0.228. The molecule has 1 saturated heterocycles. The highest BCUT2D eigenvalue weighted by Gasteiger charge is 2.25. The van der Waals surface area contributed by atoms with Crippen LogP contribution in [0.2, 0.25) is 0 Å². The lowest BCUT2D eigenvalue weighted by atomic mass is 9.94. The molecule has 140 valence electrons. The highest BCUT2D eigenvalue weighted by Crippen LogP contribution is 2.30. The van der Waals surface area contributed by atoms with Gasteiger partial charge in [0.2, 0.25) is 0 Å². The summed E-state index contributed by atoms with van der Waals surface area (Å²) in [7, 11) is 0. The van der Waals surface area contributed by atoms with E-state index in [4.69, 9.17) is 9.47 Å². The van der Waals surface area contributed by atoms with E-state index in [0.29, 0.717) is 17.9 Å². The number of nitrogens with one attached hydrogen (secondary N) is 1. The van der Waals surface area contributed by atoms with E-state index < -0.39 is 0 Å². The predicted molar refractivity (Wildman–Crippen MR) is 99.4 cm³/mol. The van der Waals surface area contributed by atoms with Crippen molar-refractivity contribution in [3.8, 4) is 11.5 Å². The fourth-order valence-electron chi connectivity index (χ4n) is 3.73. The van der Waals surface area contributed by atoms with Crippen LogP contribution in [-0.2, 0) is 4.74 Å². The number of hydrogen-bond acceptors (Lipinski definition) is 5. The van der Waals surface area contributed by atoms with Gasteiger partial charge in [0, 0.05) is 37.8 Å². The smallest absolute Gasteiger partial charge is 0.126 e. The van der Waals surface area contributed by atoms with Crippen LogP contribution in [0.25, 0.3) is 0 Å². The van der Waals surface area contributed by atoms with Crippen LogP contribution in [0.5, 0.6) is 11.5 Å². The molecule has 1 unspecified atom stereocenters. The highest BCUT2D eigenvalue weighted by atomic mass is 16.5. The normalized spacial score (nSPS) is 26.3. The number of ether oxygens (including phenoxy) is 2. The number of nitrogens with zero attached hydrogens (tertiary/aromatic N) is 1. The van der Waals surface area contributed by atoms with Crippen molar-refractivity contribution in [2.75, 3.05) is 32.8 Å². The van der Waals surface area contributed by atoms with Crippen LogP contribution in [0.15, 0.2) is 18.2 Å². The molecular formula is C20H32N2O3. The first-order chi connectivity index (χ1) is 12.1. The van der Waals surface area contributed by atoms with Crippen molar-refractivity contribution in [3.05, 3.63) is 23.8 Å². The summed E-state index contributed by atoms with van der Waals surface area (Å²) in [4.78, 5) is 2.51. The fourth-order valence-corrected chi connectivity index (χ4v) is 3.73. The predicted octanol–water partition coefficient (Wildman–Crippen LogP) is 2.70. The van der Waals surface area contributed by atoms with Crippen LogP contribution in [0.1, 0.15) is 38.2 Å². The van der Waals surface area contributed by atoms with E-state index in [1.807, 2.05) is 19.1 Å². The summed E-state index contributed by atoms with van der Waals surface area (Å²) >= 11 is 0. The molecule has 2 N–H and O–H groups in total. The number of aromatic hydroxyl groups is 1. The maximum atomic E-state index is 9.79. The molecule has 25 heavy (non-hydrogen) atoms. The molecule has 0 aromatic heterocycles. The van der Waals surface area contributed by atoms with Crippen LogP contribution in [0.3, 0.4) is 0 Å². The Labute approximate surface area is 151 Å². The highest BCUT2D eigenvalue weighted by molar-refractivity contribution is 5.42. The molecular weight excluding hydrogens is 316 g/mol. The molecule has 1 aliphatic heterocycles. The number of rotatable bonds is 6. The summed E-state index contributed by atoms with van der Waals surface area (Å²) in [5.41, 5.74) is 0.825. The maximum Gasteiger partial charge on any atom is 0.126 e.